The SMILES string of the molecule is O=C1CC[C@]2(CCCN(Cc3ccncc3)C2)CN1CCc1cnc[nH]1. The molecular formula is C20H27N5O. The second-order valence-corrected chi connectivity index (χ2v) is 7.81. The Balaban J connectivity index is 1.39. The second-order valence-electron chi connectivity index (χ2n) is 7.81. The summed E-state index contributed by atoms with van der Waals surface area (Å²) in [6.07, 6.45) is 12.3. The number of aromatic amines is 1. The molecule has 26 heavy (non-hydrogen) atoms. The summed E-state index contributed by atoms with van der Waals surface area (Å²) in [5.74, 6) is 0.307. The van der Waals surface area contributed by atoms with Gasteiger partial charge in [0.2, 0.25) is 5.91 Å². The van der Waals surface area contributed by atoms with Gasteiger partial charge in [0.1, 0.15) is 0 Å². The Bertz CT molecular complexity index is 717. The second kappa shape index (κ2) is 7.58. The van der Waals surface area contributed by atoms with Crippen molar-refractivity contribution >= 4 is 5.91 Å². The summed E-state index contributed by atoms with van der Waals surface area (Å²) in [7, 11) is 0. The number of H-pyrrole nitrogens is 1. The van der Waals surface area contributed by atoms with Crippen LogP contribution in [0.2, 0.25) is 0 Å². The van der Waals surface area contributed by atoms with Crippen LogP contribution in [0.5, 0.6) is 0 Å². The molecular weight excluding hydrogens is 326 g/mol. The van der Waals surface area contributed by atoms with E-state index in [-0.39, 0.29) is 5.41 Å². The third kappa shape index (κ3) is 3.96. The van der Waals surface area contributed by atoms with E-state index in [0.29, 0.717) is 12.3 Å². The topological polar surface area (TPSA) is 65.1 Å². The monoisotopic (exact) mass is 353 g/mol. The number of hydrogen-bond acceptors (Lipinski definition) is 4. The van der Waals surface area contributed by atoms with Crippen LogP contribution in [0.25, 0.3) is 0 Å². The van der Waals surface area contributed by atoms with Gasteiger partial charge >= 0.3 is 0 Å². The standard InChI is InChI=1S/C20H27N5O/c26-19-2-7-20(15-25(19)11-5-18-12-22-16-23-18)6-1-10-24(14-20)13-17-3-8-21-9-4-17/h3-4,8-9,12,16H,1-2,5-7,10-11,13-15H2,(H,22,23)/t20-/m0/s1. The molecule has 2 fully saturated rings. The predicted octanol–water partition coefficient (Wildman–Crippen LogP) is 2.25. The predicted molar refractivity (Wildman–Crippen MR) is 99.3 cm³/mol. The van der Waals surface area contributed by atoms with Crippen LogP contribution in [0.3, 0.4) is 0 Å². The largest absolute Gasteiger partial charge is 0.348 e. The first kappa shape index (κ1) is 17.2. The molecule has 2 aliphatic heterocycles. The minimum absolute atomic E-state index is 0.257. The average molecular weight is 353 g/mol. The van der Waals surface area contributed by atoms with E-state index in [2.05, 4.69) is 36.9 Å². The Labute approximate surface area is 154 Å². The minimum atomic E-state index is 0.257. The van der Waals surface area contributed by atoms with Crippen LogP contribution in [-0.4, -0.2) is 56.8 Å². The number of likely N-dealkylation sites (tertiary alicyclic amines) is 2. The number of rotatable bonds is 5. The molecule has 1 N–H and O–H groups in total. The van der Waals surface area contributed by atoms with Crippen LogP contribution in [0, 0.1) is 5.41 Å². The molecule has 0 aromatic carbocycles. The van der Waals surface area contributed by atoms with E-state index in [0.717, 1.165) is 51.3 Å². The fraction of sp³-hybridized carbons (Fsp3) is 0.550. The molecule has 2 aromatic heterocycles. The van der Waals surface area contributed by atoms with Crippen LogP contribution in [0.4, 0.5) is 0 Å². The fourth-order valence-corrected chi connectivity index (χ4v) is 4.51. The van der Waals surface area contributed by atoms with Crippen LogP contribution in [-0.2, 0) is 17.8 Å². The summed E-state index contributed by atoms with van der Waals surface area (Å²) in [6.45, 7) is 4.89. The van der Waals surface area contributed by atoms with Gasteiger partial charge in [0.15, 0.2) is 0 Å². The van der Waals surface area contributed by atoms with Crippen molar-refractivity contribution in [3.8, 4) is 0 Å². The summed E-state index contributed by atoms with van der Waals surface area (Å²) in [5, 5.41) is 0. The first-order chi connectivity index (χ1) is 12.7. The Morgan fingerprint density at radius 1 is 1.15 bits per heavy atom. The normalized spacial score (nSPS) is 24.3. The van der Waals surface area contributed by atoms with Gasteiger partial charge in [-0.25, -0.2) is 4.98 Å². The number of carbonyl (C=O) groups excluding carboxylic acids is 1. The zero-order valence-electron chi connectivity index (χ0n) is 15.2. The quantitative estimate of drug-likeness (QED) is 0.895. The molecule has 0 aliphatic carbocycles. The van der Waals surface area contributed by atoms with Crippen molar-refractivity contribution in [1.29, 1.82) is 0 Å². The highest BCUT2D eigenvalue weighted by atomic mass is 16.2. The van der Waals surface area contributed by atoms with Gasteiger partial charge in [-0.15, -0.1) is 0 Å². The maximum absolute atomic E-state index is 12.4. The van der Waals surface area contributed by atoms with E-state index in [9.17, 15) is 4.79 Å². The number of hydrogen-bond donors (Lipinski definition) is 1. The van der Waals surface area contributed by atoms with Gasteiger partial charge in [-0.3, -0.25) is 14.7 Å². The average Bonchev–Trinajstić information content (AvgIpc) is 3.17. The van der Waals surface area contributed by atoms with Crippen LogP contribution in [0.15, 0.2) is 37.1 Å². The third-order valence-electron chi connectivity index (χ3n) is 5.85. The molecule has 4 heterocycles. The van der Waals surface area contributed by atoms with E-state index in [4.69, 9.17) is 0 Å². The van der Waals surface area contributed by atoms with Gasteiger partial charge in [-0.2, -0.15) is 0 Å². The van der Waals surface area contributed by atoms with Crippen molar-refractivity contribution in [2.45, 2.75) is 38.6 Å². The lowest BCUT2D eigenvalue weighted by molar-refractivity contribution is -0.139. The van der Waals surface area contributed by atoms with Gasteiger partial charge in [-0.1, -0.05) is 0 Å². The highest BCUT2D eigenvalue weighted by Gasteiger charge is 2.41. The molecule has 0 saturated carbocycles. The Hall–Kier alpha value is -2.21. The molecule has 6 nitrogen and oxygen atoms in total. The summed E-state index contributed by atoms with van der Waals surface area (Å²) in [6, 6.07) is 4.20. The smallest absolute Gasteiger partial charge is 0.222 e. The molecule has 1 spiro atoms. The van der Waals surface area contributed by atoms with Crippen molar-refractivity contribution in [2.75, 3.05) is 26.2 Å². The van der Waals surface area contributed by atoms with Crippen LogP contribution < -0.4 is 0 Å². The van der Waals surface area contributed by atoms with Crippen molar-refractivity contribution in [3.63, 3.8) is 0 Å². The number of carbonyl (C=O) groups is 1. The lowest BCUT2D eigenvalue weighted by atomic mass is 9.73. The van der Waals surface area contributed by atoms with Gasteiger partial charge < -0.3 is 9.88 Å². The van der Waals surface area contributed by atoms with E-state index in [1.807, 2.05) is 18.6 Å². The minimum Gasteiger partial charge on any atom is -0.348 e. The Morgan fingerprint density at radius 3 is 2.85 bits per heavy atom. The molecule has 0 bridgehead atoms. The fourth-order valence-electron chi connectivity index (χ4n) is 4.51. The van der Waals surface area contributed by atoms with E-state index in [1.165, 1.54) is 18.4 Å². The van der Waals surface area contributed by atoms with Gasteiger partial charge in [0, 0.05) is 68.7 Å². The van der Waals surface area contributed by atoms with Crippen LogP contribution in [0.1, 0.15) is 36.9 Å². The molecule has 2 saturated heterocycles. The molecule has 1 atom stereocenters. The van der Waals surface area contributed by atoms with Crippen molar-refractivity contribution in [1.82, 2.24) is 24.8 Å². The molecule has 0 radical (unpaired) electrons. The number of nitrogens with zero attached hydrogens (tertiary/aromatic N) is 4. The number of nitrogens with one attached hydrogen (secondary N) is 1. The van der Waals surface area contributed by atoms with E-state index >= 15 is 0 Å². The van der Waals surface area contributed by atoms with E-state index in [1.54, 1.807) is 6.33 Å². The summed E-state index contributed by atoms with van der Waals surface area (Å²) >= 11 is 0. The first-order valence-corrected chi connectivity index (χ1v) is 9.59. The van der Waals surface area contributed by atoms with Gasteiger partial charge in [0.25, 0.3) is 0 Å². The first-order valence-electron chi connectivity index (χ1n) is 9.59. The molecule has 4 rings (SSSR count). The van der Waals surface area contributed by atoms with Crippen molar-refractivity contribution < 1.29 is 4.79 Å². The number of imidazole rings is 1. The third-order valence-corrected chi connectivity index (χ3v) is 5.85. The zero-order chi connectivity index (χ0) is 17.8. The Kier molecular flexibility index (Phi) is 5.02. The number of pyridine rings is 1. The van der Waals surface area contributed by atoms with Gasteiger partial charge in [0.05, 0.1) is 6.33 Å². The Morgan fingerprint density at radius 2 is 2.04 bits per heavy atom. The number of piperidine rings is 2. The summed E-state index contributed by atoms with van der Waals surface area (Å²) < 4.78 is 0. The summed E-state index contributed by atoms with van der Waals surface area (Å²) in [5.41, 5.74) is 2.67. The highest BCUT2D eigenvalue weighted by Crippen LogP contribution is 2.39. The molecule has 6 heteroatoms. The molecule has 0 unspecified atom stereocenters. The number of amides is 1. The summed E-state index contributed by atoms with van der Waals surface area (Å²) in [4.78, 5) is 28.4. The van der Waals surface area contributed by atoms with Crippen molar-refractivity contribution in [3.05, 3.63) is 48.3 Å². The number of aromatic nitrogens is 3. The van der Waals surface area contributed by atoms with E-state index < -0.39 is 0 Å². The van der Waals surface area contributed by atoms with Crippen LogP contribution >= 0.6 is 0 Å². The van der Waals surface area contributed by atoms with Gasteiger partial charge in [-0.05, 0) is 43.5 Å². The zero-order valence-corrected chi connectivity index (χ0v) is 15.2. The van der Waals surface area contributed by atoms with Crippen molar-refractivity contribution in [2.24, 2.45) is 5.41 Å². The molecule has 2 aliphatic rings. The maximum Gasteiger partial charge on any atom is 0.222 e. The lowest BCUT2D eigenvalue weighted by Crippen LogP contribution is -2.54. The molecule has 138 valence electrons. The lowest BCUT2D eigenvalue weighted by Gasteiger charge is -2.48. The molecule has 1 amide bonds. The maximum atomic E-state index is 12.4. The molecule has 2 aromatic rings. The highest BCUT2D eigenvalue weighted by molar-refractivity contribution is 5.77.